The summed E-state index contributed by atoms with van der Waals surface area (Å²) in [6, 6.07) is 15.8. The molecular weight excluding hydrogens is 546 g/mol. The van der Waals surface area contributed by atoms with E-state index in [1.165, 1.54) is 19.6 Å². The van der Waals surface area contributed by atoms with Gasteiger partial charge in [-0.05, 0) is 47.4 Å². The Labute approximate surface area is 243 Å². The Morgan fingerprint density at radius 3 is 2.61 bits per heavy atom. The first-order chi connectivity index (χ1) is 20.0. The van der Waals surface area contributed by atoms with E-state index >= 15 is 0 Å². The zero-order chi connectivity index (χ0) is 28.6. The van der Waals surface area contributed by atoms with Crippen molar-refractivity contribution in [3.05, 3.63) is 88.6 Å². The number of amides is 1. The molecule has 10 heteroatoms. The monoisotopic (exact) mass is 577 g/mol. The fourth-order valence-corrected chi connectivity index (χ4v) is 4.73. The molecule has 41 heavy (non-hydrogen) atoms. The van der Waals surface area contributed by atoms with Crippen molar-refractivity contribution in [2.45, 2.75) is 33.6 Å². The second kappa shape index (κ2) is 13.4. The molecule has 0 saturated carbocycles. The standard InChI is InChI=1S/C31H32ClN3O6/c1-20-23(4-3-5-26(20)22-6-7-28-31(13-22)39-11-10-38-28)16-40-30-14-29(41-18-25-17-37-19-35-25)24(12-27(30)32)15-33-8-9-34-21(2)36/h3-7,12-14,17,19,33H,8-11,15-16,18H2,1-2H3,(H,34,36). The van der Waals surface area contributed by atoms with Crippen LogP contribution in [0, 0.1) is 6.92 Å². The Bertz CT molecular complexity index is 1490. The number of carbonyl (C=O) groups excluding carboxylic acids is 1. The van der Waals surface area contributed by atoms with E-state index in [1.807, 2.05) is 36.4 Å². The second-order valence-electron chi connectivity index (χ2n) is 9.56. The van der Waals surface area contributed by atoms with Crippen molar-refractivity contribution in [1.29, 1.82) is 0 Å². The van der Waals surface area contributed by atoms with Gasteiger partial charge >= 0.3 is 0 Å². The smallest absolute Gasteiger partial charge is 0.216 e. The van der Waals surface area contributed by atoms with E-state index in [0.29, 0.717) is 61.7 Å². The van der Waals surface area contributed by atoms with E-state index in [0.717, 1.165) is 39.3 Å². The minimum atomic E-state index is -0.0694. The minimum absolute atomic E-state index is 0.0694. The summed E-state index contributed by atoms with van der Waals surface area (Å²) in [7, 11) is 0. The molecule has 2 heterocycles. The van der Waals surface area contributed by atoms with Crippen molar-refractivity contribution >= 4 is 17.5 Å². The maximum Gasteiger partial charge on any atom is 0.216 e. The molecule has 0 radical (unpaired) electrons. The van der Waals surface area contributed by atoms with Gasteiger partial charge in [0.05, 0.1) is 5.02 Å². The van der Waals surface area contributed by atoms with E-state index in [9.17, 15) is 4.79 Å². The summed E-state index contributed by atoms with van der Waals surface area (Å²) in [6.45, 7) is 6.82. The lowest BCUT2D eigenvalue weighted by molar-refractivity contribution is -0.118. The van der Waals surface area contributed by atoms with Crippen LogP contribution < -0.4 is 29.6 Å². The van der Waals surface area contributed by atoms with Gasteiger partial charge in [-0.1, -0.05) is 35.9 Å². The molecule has 0 atom stereocenters. The van der Waals surface area contributed by atoms with Gasteiger partial charge in [0, 0.05) is 38.2 Å². The summed E-state index contributed by atoms with van der Waals surface area (Å²) in [5.41, 5.74) is 5.78. The number of fused-ring (bicyclic) bond motifs is 1. The summed E-state index contributed by atoms with van der Waals surface area (Å²) in [6.07, 6.45) is 2.90. The lowest BCUT2D eigenvalue weighted by Crippen LogP contribution is -2.30. The van der Waals surface area contributed by atoms with Crippen LogP contribution >= 0.6 is 11.6 Å². The SMILES string of the molecule is CC(=O)NCCNCc1cc(Cl)c(OCc2cccc(-c3ccc4c(c3)OCCO4)c2C)cc1OCc1cocn1. The molecule has 5 rings (SSSR count). The van der Waals surface area contributed by atoms with Gasteiger partial charge in [-0.2, -0.15) is 0 Å². The molecule has 1 aliphatic rings. The summed E-state index contributed by atoms with van der Waals surface area (Å²) in [5, 5.41) is 6.53. The summed E-state index contributed by atoms with van der Waals surface area (Å²) >= 11 is 6.66. The first kappa shape index (κ1) is 28.3. The van der Waals surface area contributed by atoms with Crippen molar-refractivity contribution in [3.8, 4) is 34.1 Å². The van der Waals surface area contributed by atoms with Gasteiger partial charge in [-0.15, -0.1) is 0 Å². The summed E-state index contributed by atoms with van der Waals surface area (Å²) in [5.74, 6) is 2.57. The van der Waals surface area contributed by atoms with Crippen LogP contribution in [0.3, 0.4) is 0 Å². The molecule has 1 amide bonds. The van der Waals surface area contributed by atoms with Gasteiger partial charge in [0.15, 0.2) is 17.9 Å². The van der Waals surface area contributed by atoms with E-state index in [1.54, 1.807) is 6.07 Å². The maximum atomic E-state index is 11.1. The van der Waals surface area contributed by atoms with Gasteiger partial charge < -0.3 is 34.0 Å². The van der Waals surface area contributed by atoms with Crippen LogP contribution in [0.4, 0.5) is 0 Å². The molecule has 0 saturated heterocycles. The van der Waals surface area contributed by atoms with E-state index in [4.69, 9.17) is 35.0 Å². The van der Waals surface area contributed by atoms with Crippen molar-refractivity contribution < 1.29 is 28.2 Å². The molecule has 0 bridgehead atoms. The summed E-state index contributed by atoms with van der Waals surface area (Å²) < 4.78 is 28.8. The van der Waals surface area contributed by atoms with Crippen LogP contribution in [-0.2, 0) is 24.6 Å². The quantitative estimate of drug-likeness (QED) is 0.214. The number of halogens is 1. The molecule has 1 aromatic heterocycles. The van der Waals surface area contributed by atoms with E-state index < -0.39 is 0 Å². The molecule has 0 fully saturated rings. The second-order valence-corrected chi connectivity index (χ2v) is 9.96. The van der Waals surface area contributed by atoms with Crippen LogP contribution in [-0.4, -0.2) is 37.2 Å². The number of aromatic nitrogens is 1. The van der Waals surface area contributed by atoms with Crippen LogP contribution in [0.15, 0.2) is 65.6 Å². The van der Waals surface area contributed by atoms with Gasteiger partial charge in [-0.25, -0.2) is 4.98 Å². The highest BCUT2D eigenvalue weighted by atomic mass is 35.5. The first-order valence-electron chi connectivity index (χ1n) is 13.4. The number of nitrogens with one attached hydrogen (secondary N) is 2. The molecule has 214 valence electrons. The number of hydrogen-bond donors (Lipinski definition) is 2. The third-order valence-electron chi connectivity index (χ3n) is 6.65. The molecule has 4 aromatic rings. The van der Waals surface area contributed by atoms with Crippen LogP contribution in [0.1, 0.15) is 29.3 Å². The molecule has 9 nitrogen and oxygen atoms in total. The van der Waals surface area contributed by atoms with Crippen molar-refractivity contribution in [2.24, 2.45) is 0 Å². The Morgan fingerprint density at radius 1 is 0.976 bits per heavy atom. The molecule has 0 aliphatic carbocycles. The third kappa shape index (κ3) is 7.31. The minimum Gasteiger partial charge on any atom is -0.487 e. The molecule has 0 spiro atoms. The molecule has 2 N–H and O–H groups in total. The normalized spacial score (nSPS) is 12.2. The zero-order valence-corrected chi connectivity index (χ0v) is 23.8. The lowest BCUT2D eigenvalue weighted by Gasteiger charge is -2.20. The number of rotatable bonds is 12. The lowest BCUT2D eigenvalue weighted by atomic mass is 9.96. The van der Waals surface area contributed by atoms with Crippen molar-refractivity contribution in [2.75, 3.05) is 26.3 Å². The Balaban J connectivity index is 1.31. The highest BCUT2D eigenvalue weighted by Gasteiger charge is 2.16. The fourth-order valence-electron chi connectivity index (χ4n) is 4.49. The van der Waals surface area contributed by atoms with Gasteiger partial charge in [0.25, 0.3) is 0 Å². The highest BCUT2D eigenvalue weighted by Crippen LogP contribution is 2.37. The van der Waals surface area contributed by atoms with Gasteiger partial charge in [0.1, 0.15) is 49.9 Å². The predicted octanol–water partition coefficient (Wildman–Crippen LogP) is 5.46. The van der Waals surface area contributed by atoms with Crippen LogP contribution in [0.25, 0.3) is 11.1 Å². The number of carbonyl (C=O) groups is 1. The average Bonchev–Trinajstić information content (AvgIpc) is 3.50. The maximum absolute atomic E-state index is 11.1. The number of benzene rings is 3. The molecule has 3 aromatic carbocycles. The van der Waals surface area contributed by atoms with Gasteiger partial charge in [-0.3, -0.25) is 4.79 Å². The number of oxazole rings is 1. The van der Waals surface area contributed by atoms with Crippen molar-refractivity contribution in [1.82, 2.24) is 15.6 Å². The predicted molar refractivity (Wildman–Crippen MR) is 155 cm³/mol. The Kier molecular flexibility index (Phi) is 9.28. The molecule has 0 unspecified atom stereocenters. The van der Waals surface area contributed by atoms with Gasteiger partial charge in [0.2, 0.25) is 5.91 Å². The molecular formula is C31H32ClN3O6. The third-order valence-corrected chi connectivity index (χ3v) is 6.94. The van der Waals surface area contributed by atoms with E-state index in [2.05, 4.69) is 28.6 Å². The Hall–Kier alpha value is -4.21. The highest BCUT2D eigenvalue weighted by molar-refractivity contribution is 6.32. The fraction of sp³-hybridized carbons (Fsp3) is 0.290. The number of ether oxygens (including phenoxy) is 4. The average molecular weight is 578 g/mol. The number of nitrogens with zero attached hydrogens (tertiary/aromatic N) is 1. The number of hydrogen-bond acceptors (Lipinski definition) is 8. The van der Waals surface area contributed by atoms with E-state index in [-0.39, 0.29) is 12.5 Å². The first-order valence-corrected chi connectivity index (χ1v) is 13.7. The largest absolute Gasteiger partial charge is 0.487 e. The topological polar surface area (TPSA) is 104 Å². The zero-order valence-electron chi connectivity index (χ0n) is 23.0. The van der Waals surface area contributed by atoms with Crippen molar-refractivity contribution in [3.63, 3.8) is 0 Å². The Morgan fingerprint density at radius 2 is 1.80 bits per heavy atom. The van der Waals surface area contributed by atoms with Crippen LogP contribution in [0.5, 0.6) is 23.0 Å². The van der Waals surface area contributed by atoms with Crippen LogP contribution in [0.2, 0.25) is 5.02 Å². The molecule has 1 aliphatic heterocycles. The summed E-state index contributed by atoms with van der Waals surface area (Å²) in [4.78, 5) is 15.3.